The van der Waals surface area contributed by atoms with Crippen LogP contribution in [-0.4, -0.2) is 74.5 Å². The first kappa shape index (κ1) is 15.2. The van der Waals surface area contributed by atoms with E-state index in [1.807, 2.05) is 25.1 Å². The van der Waals surface area contributed by atoms with Gasteiger partial charge in [0, 0.05) is 0 Å². The third-order valence-corrected chi connectivity index (χ3v) is 4.02. The first-order valence-corrected chi connectivity index (χ1v) is 7.66. The molecule has 0 spiro atoms. The second-order valence-corrected chi connectivity index (χ2v) is 5.69. The average molecular weight is 337 g/mol. The zero-order chi connectivity index (χ0) is 14.4. The van der Waals surface area contributed by atoms with Gasteiger partial charge >= 0.3 is 128 Å². The predicted octanol–water partition coefficient (Wildman–Crippen LogP) is 0.968. The quantitative estimate of drug-likeness (QED) is 0.350. The molecular formula is C14H20N5Se. The van der Waals surface area contributed by atoms with Crippen LogP contribution in [0.1, 0.15) is 19.0 Å². The molecule has 20 heavy (non-hydrogen) atoms. The van der Waals surface area contributed by atoms with E-state index < -0.39 is 0 Å². The van der Waals surface area contributed by atoms with E-state index in [1.54, 1.807) is 6.20 Å². The summed E-state index contributed by atoms with van der Waals surface area (Å²) in [7, 11) is 2.16. The summed E-state index contributed by atoms with van der Waals surface area (Å²) in [5.74, 6) is 0. The van der Waals surface area contributed by atoms with Crippen molar-refractivity contribution >= 4 is 26.5 Å². The maximum absolute atomic E-state index is 4.31. The minimum atomic E-state index is 0.824. The van der Waals surface area contributed by atoms with Crippen LogP contribution in [0.5, 0.6) is 0 Å². The molecule has 0 aliphatic carbocycles. The first-order chi connectivity index (χ1) is 9.66. The van der Waals surface area contributed by atoms with E-state index in [9.17, 15) is 0 Å². The van der Waals surface area contributed by atoms with Crippen molar-refractivity contribution in [2.24, 2.45) is 10.2 Å². The zero-order valence-electron chi connectivity index (χ0n) is 12.0. The molecule has 0 saturated carbocycles. The van der Waals surface area contributed by atoms with Crippen LogP contribution in [0, 0.1) is 0 Å². The van der Waals surface area contributed by atoms with Crippen LogP contribution in [0.2, 0.25) is 0 Å². The number of nitrogens with zero attached hydrogens (tertiary/aromatic N) is 5. The summed E-state index contributed by atoms with van der Waals surface area (Å²) in [6.45, 7) is 6.13. The van der Waals surface area contributed by atoms with Gasteiger partial charge < -0.3 is 0 Å². The van der Waals surface area contributed by atoms with Gasteiger partial charge in [0.2, 0.25) is 0 Å². The molecule has 1 fully saturated rings. The fourth-order valence-electron chi connectivity index (χ4n) is 2.05. The number of likely N-dealkylation sites (N-methyl/N-ethyl adjacent to an activating group) is 1. The van der Waals surface area contributed by atoms with Crippen molar-refractivity contribution in [3.63, 3.8) is 0 Å². The van der Waals surface area contributed by atoms with E-state index in [0.29, 0.717) is 0 Å². The summed E-state index contributed by atoms with van der Waals surface area (Å²) in [5.41, 5.74) is 1.69. The van der Waals surface area contributed by atoms with Crippen LogP contribution in [-0.2, 0) is 0 Å². The van der Waals surface area contributed by atoms with E-state index in [4.69, 9.17) is 0 Å². The predicted molar refractivity (Wildman–Crippen MR) is 83.3 cm³/mol. The SMILES string of the molecule is CC(=NN=C([Se])N1CCCN(C)CC1)c1ccccn1. The Labute approximate surface area is 128 Å². The van der Waals surface area contributed by atoms with Crippen LogP contribution < -0.4 is 0 Å². The van der Waals surface area contributed by atoms with E-state index in [1.165, 1.54) is 0 Å². The molecule has 0 unspecified atom stereocenters. The van der Waals surface area contributed by atoms with E-state index >= 15 is 0 Å². The monoisotopic (exact) mass is 338 g/mol. The number of aromatic nitrogens is 1. The van der Waals surface area contributed by atoms with Gasteiger partial charge in [0.05, 0.1) is 0 Å². The van der Waals surface area contributed by atoms with E-state index in [-0.39, 0.29) is 0 Å². The van der Waals surface area contributed by atoms with Gasteiger partial charge in [0.1, 0.15) is 0 Å². The van der Waals surface area contributed by atoms with Crippen molar-refractivity contribution in [3.05, 3.63) is 30.1 Å². The fourth-order valence-corrected chi connectivity index (χ4v) is 2.52. The Bertz CT molecular complexity index is 486. The van der Waals surface area contributed by atoms with Crippen LogP contribution in [0.25, 0.3) is 0 Å². The van der Waals surface area contributed by atoms with Crippen LogP contribution in [0.15, 0.2) is 34.6 Å². The molecule has 2 heterocycles. The Morgan fingerprint density at radius 3 is 2.80 bits per heavy atom. The molecule has 5 nitrogen and oxygen atoms in total. The molecule has 0 bridgehead atoms. The molecule has 1 saturated heterocycles. The van der Waals surface area contributed by atoms with Gasteiger partial charge in [0.25, 0.3) is 0 Å². The van der Waals surface area contributed by atoms with Crippen LogP contribution in [0.4, 0.5) is 0 Å². The Kier molecular flexibility index (Phi) is 5.71. The Balaban J connectivity index is 2.02. The van der Waals surface area contributed by atoms with Gasteiger partial charge in [-0.2, -0.15) is 0 Å². The van der Waals surface area contributed by atoms with Crippen molar-refractivity contribution in [1.82, 2.24) is 14.8 Å². The van der Waals surface area contributed by atoms with Crippen molar-refractivity contribution < 1.29 is 0 Å². The molecule has 0 atom stereocenters. The number of hydrogen-bond donors (Lipinski definition) is 0. The molecule has 1 aliphatic heterocycles. The molecule has 6 heteroatoms. The summed E-state index contributed by atoms with van der Waals surface area (Å²) in [6.07, 6.45) is 2.92. The molecule has 2 rings (SSSR count). The third-order valence-electron chi connectivity index (χ3n) is 3.31. The molecule has 1 radical (unpaired) electrons. The number of amidine groups is 1. The summed E-state index contributed by atoms with van der Waals surface area (Å²) in [4.78, 5) is 8.86. The molecule has 1 aromatic heterocycles. The first-order valence-electron chi connectivity index (χ1n) is 6.81. The van der Waals surface area contributed by atoms with Gasteiger partial charge in [-0.05, 0) is 0 Å². The fraction of sp³-hybridized carbons (Fsp3) is 0.500. The molecule has 1 aromatic rings. The minimum absolute atomic E-state index is 0.824. The molecule has 0 amide bonds. The van der Waals surface area contributed by atoms with Crippen LogP contribution in [0.3, 0.4) is 0 Å². The van der Waals surface area contributed by atoms with Gasteiger partial charge in [-0.15, -0.1) is 0 Å². The number of pyridine rings is 1. The van der Waals surface area contributed by atoms with Gasteiger partial charge in [-0.3, -0.25) is 0 Å². The topological polar surface area (TPSA) is 44.1 Å². The van der Waals surface area contributed by atoms with Crippen molar-refractivity contribution in [3.8, 4) is 0 Å². The third kappa shape index (κ3) is 4.40. The molecule has 0 aromatic carbocycles. The maximum atomic E-state index is 4.31. The van der Waals surface area contributed by atoms with Crippen molar-refractivity contribution in [2.45, 2.75) is 13.3 Å². The van der Waals surface area contributed by atoms with Gasteiger partial charge in [-0.25, -0.2) is 0 Å². The van der Waals surface area contributed by atoms with Gasteiger partial charge in [0.15, 0.2) is 0 Å². The Hall–Kier alpha value is -1.23. The normalized spacial score (nSPS) is 19.0. The summed E-state index contributed by atoms with van der Waals surface area (Å²) in [5, 5.41) is 8.58. The second-order valence-electron chi connectivity index (χ2n) is 4.93. The molecular weight excluding hydrogens is 317 g/mol. The molecule has 107 valence electrons. The van der Waals surface area contributed by atoms with Crippen molar-refractivity contribution in [2.75, 3.05) is 33.2 Å². The summed E-state index contributed by atoms with van der Waals surface area (Å²) < 4.78 is 0.857. The molecule has 0 N–H and O–H groups in total. The Morgan fingerprint density at radius 1 is 1.20 bits per heavy atom. The number of hydrogen-bond acceptors (Lipinski definition) is 4. The Morgan fingerprint density at radius 2 is 2.05 bits per heavy atom. The molecule has 1 aliphatic rings. The zero-order valence-corrected chi connectivity index (χ0v) is 13.7. The van der Waals surface area contributed by atoms with E-state index in [0.717, 1.165) is 48.7 Å². The average Bonchev–Trinajstić information content (AvgIpc) is 2.70. The van der Waals surface area contributed by atoms with E-state index in [2.05, 4.69) is 48.0 Å². The standard InChI is InChI=1S/C14H20N5Se/c1-12(13-6-3-4-7-15-13)16-17-14(20)19-9-5-8-18(2)10-11-19/h3-4,6-7H,5,8-11H2,1-2H3. The number of rotatable bonds is 2. The summed E-state index contributed by atoms with van der Waals surface area (Å²) >= 11 is 3.03. The van der Waals surface area contributed by atoms with Gasteiger partial charge in [-0.1, -0.05) is 0 Å². The van der Waals surface area contributed by atoms with Crippen LogP contribution >= 0.6 is 0 Å². The second kappa shape index (κ2) is 7.52. The summed E-state index contributed by atoms with van der Waals surface area (Å²) in [6, 6.07) is 5.79. The van der Waals surface area contributed by atoms with Crippen molar-refractivity contribution in [1.29, 1.82) is 0 Å².